The lowest BCUT2D eigenvalue weighted by molar-refractivity contribution is -0.129. The van der Waals surface area contributed by atoms with Gasteiger partial charge in [0, 0.05) is 19.5 Å². The van der Waals surface area contributed by atoms with Crippen LogP contribution in [0.2, 0.25) is 0 Å². The normalized spacial score (nSPS) is 14.8. The van der Waals surface area contributed by atoms with Crippen LogP contribution in [-0.4, -0.2) is 29.9 Å². The van der Waals surface area contributed by atoms with Gasteiger partial charge in [0.1, 0.15) is 0 Å². The molecular weight excluding hydrogens is 284 g/mol. The van der Waals surface area contributed by atoms with Crippen molar-refractivity contribution in [3.63, 3.8) is 0 Å². The molecule has 0 aromatic heterocycles. The number of hydrogen-bond donors (Lipinski definition) is 2. The third-order valence-electron chi connectivity index (χ3n) is 3.31. The van der Waals surface area contributed by atoms with Crippen molar-refractivity contribution in [3.05, 3.63) is 35.4 Å². The second-order valence-electron chi connectivity index (χ2n) is 5.44. The van der Waals surface area contributed by atoms with Crippen LogP contribution in [0.1, 0.15) is 42.6 Å². The van der Waals surface area contributed by atoms with Crippen LogP contribution in [0, 0.1) is 0 Å². The molecule has 1 saturated carbocycles. The number of amides is 2. The maximum atomic E-state index is 12.0. The van der Waals surface area contributed by atoms with Gasteiger partial charge in [0.05, 0.1) is 5.56 Å². The van der Waals surface area contributed by atoms with Crippen molar-refractivity contribution >= 4 is 17.8 Å². The van der Waals surface area contributed by atoms with E-state index in [0.29, 0.717) is 12.1 Å². The maximum Gasteiger partial charge on any atom is 0.338 e. The number of rotatable bonds is 6. The summed E-state index contributed by atoms with van der Waals surface area (Å²) in [6, 6.07) is 6.94. The summed E-state index contributed by atoms with van der Waals surface area (Å²) in [5.41, 5.74) is 1.25. The van der Waals surface area contributed by atoms with Gasteiger partial charge < -0.3 is 15.4 Å². The molecule has 2 N–H and O–H groups in total. The van der Waals surface area contributed by atoms with Gasteiger partial charge in [0.25, 0.3) is 5.91 Å². The highest BCUT2D eigenvalue weighted by molar-refractivity contribution is 5.92. The van der Waals surface area contributed by atoms with Crippen LogP contribution in [0.25, 0.3) is 0 Å². The molecule has 0 radical (unpaired) electrons. The van der Waals surface area contributed by atoms with E-state index in [1.54, 1.807) is 31.2 Å². The Morgan fingerprint density at radius 3 is 2.41 bits per heavy atom. The first kappa shape index (κ1) is 16.0. The predicted octanol–water partition coefficient (Wildman–Crippen LogP) is 1.15. The van der Waals surface area contributed by atoms with Crippen LogP contribution >= 0.6 is 0 Å². The number of nitrogens with one attached hydrogen (secondary N) is 2. The Labute approximate surface area is 129 Å². The first-order chi connectivity index (χ1) is 10.5. The Kier molecular flexibility index (Phi) is 5.14. The molecule has 2 rings (SSSR count). The molecule has 1 aromatic rings. The third-order valence-corrected chi connectivity index (χ3v) is 3.31. The van der Waals surface area contributed by atoms with Crippen molar-refractivity contribution in [3.8, 4) is 0 Å². The second kappa shape index (κ2) is 7.06. The van der Waals surface area contributed by atoms with Crippen LogP contribution in [0.3, 0.4) is 0 Å². The van der Waals surface area contributed by atoms with Gasteiger partial charge in [-0.2, -0.15) is 0 Å². The van der Waals surface area contributed by atoms with Crippen molar-refractivity contribution in [2.75, 3.05) is 0 Å². The van der Waals surface area contributed by atoms with E-state index in [4.69, 9.17) is 4.74 Å². The molecule has 1 atom stereocenters. The lowest BCUT2D eigenvalue weighted by Crippen LogP contribution is -2.37. The minimum Gasteiger partial charge on any atom is -0.449 e. The van der Waals surface area contributed by atoms with Gasteiger partial charge in [-0.3, -0.25) is 9.59 Å². The SMILES string of the molecule is CC(=O)NCc1ccc(C(=O)OC(C)C(=O)NC2CC2)cc1. The zero-order valence-corrected chi connectivity index (χ0v) is 12.7. The van der Waals surface area contributed by atoms with Gasteiger partial charge in [-0.1, -0.05) is 12.1 Å². The van der Waals surface area contributed by atoms with Gasteiger partial charge in [-0.05, 0) is 37.5 Å². The highest BCUT2D eigenvalue weighted by atomic mass is 16.5. The average molecular weight is 304 g/mol. The van der Waals surface area contributed by atoms with E-state index in [1.807, 2.05) is 0 Å². The lowest BCUT2D eigenvalue weighted by atomic mass is 10.1. The summed E-state index contributed by atoms with van der Waals surface area (Å²) in [6.07, 6.45) is 1.16. The summed E-state index contributed by atoms with van der Waals surface area (Å²) in [5.74, 6) is -0.915. The summed E-state index contributed by atoms with van der Waals surface area (Å²) >= 11 is 0. The summed E-state index contributed by atoms with van der Waals surface area (Å²) < 4.78 is 5.14. The Bertz CT molecular complexity index is 564. The Balaban J connectivity index is 1.85. The van der Waals surface area contributed by atoms with Crippen molar-refractivity contribution in [2.45, 2.75) is 45.4 Å². The molecule has 22 heavy (non-hydrogen) atoms. The van der Waals surface area contributed by atoms with Gasteiger partial charge in [-0.15, -0.1) is 0 Å². The van der Waals surface area contributed by atoms with E-state index in [0.717, 1.165) is 18.4 Å². The summed E-state index contributed by atoms with van der Waals surface area (Å²) in [4.78, 5) is 34.5. The zero-order chi connectivity index (χ0) is 16.1. The Morgan fingerprint density at radius 1 is 1.23 bits per heavy atom. The molecule has 1 fully saturated rings. The van der Waals surface area contributed by atoms with Crippen LogP contribution in [-0.2, 0) is 20.9 Å². The highest BCUT2D eigenvalue weighted by Crippen LogP contribution is 2.19. The van der Waals surface area contributed by atoms with E-state index in [9.17, 15) is 14.4 Å². The first-order valence-corrected chi connectivity index (χ1v) is 7.30. The van der Waals surface area contributed by atoms with E-state index < -0.39 is 12.1 Å². The van der Waals surface area contributed by atoms with Crippen LogP contribution in [0.5, 0.6) is 0 Å². The summed E-state index contributed by atoms with van der Waals surface area (Å²) in [6.45, 7) is 3.41. The van der Waals surface area contributed by atoms with Crippen molar-refractivity contribution in [1.82, 2.24) is 10.6 Å². The molecule has 1 aliphatic rings. The smallest absolute Gasteiger partial charge is 0.338 e. The summed E-state index contributed by atoms with van der Waals surface area (Å²) in [7, 11) is 0. The average Bonchev–Trinajstić information content (AvgIpc) is 3.29. The molecule has 1 aliphatic carbocycles. The third kappa shape index (κ3) is 4.87. The predicted molar refractivity (Wildman–Crippen MR) is 80.0 cm³/mol. The molecule has 0 aliphatic heterocycles. The fraction of sp³-hybridized carbons (Fsp3) is 0.438. The fourth-order valence-electron chi connectivity index (χ4n) is 1.81. The minimum absolute atomic E-state index is 0.112. The van der Waals surface area contributed by atoms with Gasteiger partial charge in [0.15, 0.2) is 6.10 Å². The minimum atomic E-state index is -0.813. The molecule has 0 heterocycles. The molecule has 2 amide bonds. The standard InChI is InChI=1S/C16H20N2O4/c1-10(15(20)18-14-7-8-14)22-16(21)13-5-3-12(4-6-13)9-17-11(2)19/h3-6,10,14H,7-9H2,1-2H3,(H,17,19)(H,18,20). The lowest BCUT2D eigenvalue weighted by Gasteiger charge is -2.13. The van der Waals surface area contributed by atoms with Gasteiger partial charge >= 0.3 is 5.97 Å². The molecule has 6 heteroatoms. The number of carbonyl (C=O) groups excluding carboxylic acids is 3. The molecule has 118 valence electrons. The molecule has 0 bridgehead atoms. The second-order valence-corrected chi connectivity index (χ2v) is 5.44. The van der Waals surface area contributed by atoms with Crippen molar-refractivity contribution in [1.29, 1.82) is 0 Å². The van der Waals surface area contributed by atoms with E-state index in [1.165, 1.54) is 6.92 Å². The van der Waals surface area contributed by atoms with E-state index in [-0.39, 0.29) is 17.9 Å². The Hall–Kier alpha value is -2.37. The Morgan fingerprint density at radius 2 is 1.86 bits per heavy atom. The van der Waals surface area contributed by atoms with Gasteiger partial charge in [0.2, 0.25) is 5.91 Å². The number of benzene rings is 1. The highest BCUT2D eigenvalue weighted by Gasteiger charge is 2.27. The van der Waals surface area contributed by atoms with Crippen LogP contribution in [0.4, 0.5) is 0 Å². The molecule has 0 spiro atoms. The molecule has 6 nitrogen and oxygen atoms in total. The van der Waals surface area contributed by atoms with Crippen molar-refractivity contribution < 1.29 is 19.1 Å². The number of esters is 1. The molecule has 0 saturated heterocycles. The van der Waals surface area contributed by atoms with E-state index >= 15 is 0 Å². The van der Waals surface area contributed by atoms with Crippen LogP contribution in [0.15, 0.2) is 24.3 Å². The quantitative estimate of drug-likeness (QED) is 0.772. The summed E-state index contributed by atoms with van der Waals surface area (Å²) in [5, 5.41) is 5.46. The monoisotopic (exact) mass is 304 g/mol. The zero-order valence-electron chi connectivity index (χ0n) is 12.7. The molecule has 1 unspecified atom stereocenters. The molecule has 1 aromatic carbocycles. The number of hydrogen-bond acceptors (Lipinski definition) is 4. The van der Waals surface area contributed by atoms with E-state index in [2.05, 4.69) is 10.6 Å². The fourth-order valence-corrected chi connectivity index (χ4v) is 1.81. The number of ether oxygens (including phenoxy) is 1. The van der Waals surface area contributed by atoms with Crippen molar-refractivity contribution in [2.24, 2.45) is 0 Å². The molecular formula is C16H20N2O4. The largest absolute Gasteiger partial charge is 0.449 e. The topological polar surface area (TPSA) is 84.5 Å². The van der Waals surface area contributed by atoms with Crippen LogP contribution < -0.4 is 10.6 Å². The first-order valence-electron chi connectivity index (χ1n) is 7.30. The number of carbonyl (C=O) groups is 3. The maximum absolute atomic E-state index is 12.0. The van der Waals surface area contributed by atoms with Gasteiger partial charge in [-0.25, -0.2) is 4.79 Å².